The Morgan fingerprint density at radius 1 is 1.22 bits per heavy atom. The quantitative estimate of drug-likeness (QED) is 0.922. The summed E-state index contributed by atoms with van der Waals surface area (Å²) in [6.45, 7) is 5.13. The summed E-state index contributed by atoms with van der Waals surface area (Å²) in [6, 6.07) is 15.4. The fourth-order valence-electron chi connectivity index (χ4n) is 2.49. The molecule has 2 aromatic carbocycles. The lowest BCUT2D eigenvalue weighted by atomic mass is 10.1. The first-order valence-corrected chi connectivity index (χ1v) is 7.53. The van der Waals surface area contributed by atoms with Crippen molar-refractivity contribution in [2.45, 2.75) is 20.4 Å². The Morgan fingerprint density at radius 3 is 2.65 bits per heavy atom. The van der Waals surface area contributed by atoms with E-state index in [1.54, 1.807) is 24.3 Å². The largest absolute Gasteiger partial charge is 0.324 e. The summed E-state index contributed by atoms with van der Waals surface area (Å²) in [5.41, 5.74) is 4.70. The number of rotatable bonds is 5. The van der Waals surface area contributed by atoms with Gasteiger partial charge < -0.3 is 5.32 Å². The summed E-state index contributed by atoms with van der Waals surface area (Å²) in [7, 11) is 1.91. The Bertz CT molecular complexity index is 747. The van der Waals surface area contributed by atoms with Crippen LogP contribution in [-0.4, -0.2) is 24.4 Å². The molecule has 118 valence electrons. The van der Waals surface area contributed by atoms with Crippen LogP contribution in [0.2, 0.25) is 0 Å². The van der Waals surface area contributed by atoms with Crippen molar-refractivity contribution < 1.29 is 4.79 Å². The zero-order chi connectivity index (χ0) is 16.8. The summed E-state index contributed by atoms with van der Waals surface area (Å²) in [5, 5.41) is 11.8. The molecule has 23 heavy (non-hydrogen) atoms. The predicted octanol–water partition coefficient (Wildman–Crippen LogP) is 3.25. The first kappa shape index (κ1) is 16.7. The third kappa shape index (κ3) is 4.67. The van der Waals surface area contributed by atoms with Gasteiger partial charge in [-0.15, -0.1) is 0 Å². The molecule has 0 aliphatic heterocycles. The highest BCUT2D eigenvalue weighted by molar-refractivity contribution is 5.93. The Balaban J connectivity index is 1.96. The molecule has 4 nitrogen and oxygen atoms in total. The van der Waals surface area contributed by atoms with Crippen LogP contribution in [0.15, 0.2) is 42.5 Å². The van der Waals surface area contributed by atoms with E-state index in [1.165, 1.54) is 16.7 Å². The average Bonchev–Trinajstić information content (AvgIpc) is 2.50. The SMILES string of the molecule is Cc1ccc(CN(C)CC(=O)Nc2ccccc2C#N)c(C)c1. The minimum Gasteiger partial charge on any atom is -0.324 e. The summed E-state index contributed by atoms with van der Waals surface area (Å²) >= 11 is 0. The number of hydrogen-bond donors (Lipinski definition) is 1. The Labute approximate surface area is 137 Å². The maximum atomic E-state index is 12.2. The van der Waals surface area contributed by atoms with E-state index in [-0.39, 0.29) is 12.5 Å². The summed E-state index contributed by atoms with van der Waals surface area (Å²) in [5.74, 6) is -0.125. The number of nitrogens with one attached hydrogen (secondary N) is 1. The van der Waals surface area contributed by atoms with Gasteiger partial charge in [0.2, 0.25) is 5.91 Å². The minimum atomic E-state index is -0.125. The summed E-state index contributed by atoms with van der Waals surface area (Å²) in [4.78, 5) is 14.1. The number of hydrogen-bond acceptors (Lipinski definition) is 3. The van der Waals surface area contributed by atoms with E-state index in [2.05, 4.69) is 43.4 Å². The highest BCUT2D eigenvalue weighted by Gasteiger charge is 2.10. The Hall–Kier alpha value is -2.64. The number of likely N-dealkylation sites (N-methyl/N-ethyl adjacent to an activating group) is 1. The Kier molecular flexibility index (Phi) is 5.51. The number of anilines is 1. The van der Waals surface area contributed by atoms with E-state index in [1.807, 2.05) is 11.9 Å². The third-order valence-electron chi connectivity index (χ3n) is 3.67. The number of carbonyl (C=O) groups is 1. The molecule has 2 aromatic rings. The number of nitrogens with zero attached hydrogens (tertiary/aromatic N) is 2. The third-order valence-corrected chi connectivity index (χ3v) is 3.67. The first-order valence-electron chi connectivity index (χ1n) is 7.53. The molecule has 0 saturated carbocycles. The number of nitriles is 1. The highest BCUT2D eigenvalue weighted by Crippen LogP contribution is 2.14. The molecule has 1 N–H and O–H groups in total. The molecular formula is C19H21N3O. The lowest BCUT2D eigenvalue weighted by Crippen LogP contribution is -2.30. The van der Waals surface area contributed by atoms with Crippen LogP contribution in [0.1, 0.15) is 22.3 Å². The van der Waals surface area contributed by atoms with Crippen molar-refractivity contribution in [1.82, 2.24) is 4.90 Å². The van der Waals surface area contributed by atoms with Crippen LogP contribution < -0.4 is 5.32 Å². The van der Waals surface area contributed by atoms with Crippen LogP contribution in [0.4, 0.5) is 5.69 Å². The van der Waals surface area contributed by atoms with Crippen molar-refractivity contribution in [3.63, 3.8) is 0 Å². The molecule has 4 heteroatoms. The van der Waals surface area contributed by atoms with Crippen LogP contribution in [0, 0.1) is 25.2 Å². The molecule has 0 fully saturated rings. The van der Waals surface area contributed by atoms with Gasteiger partial charge in [-0.05, 0) is 44.2 Å². The van der Waals surface area contributed by atoms with Gasteiger partial charge >= 0.3 is 0 Å². The standard InChI is InChI=1S/C19H21N3O/c1-14-8-9-17(15(2)10-14)12-22(3)13-19(23)21-18-7-5-4-6-16(18)11-20/h4-10H,12-13H2,1-3H3,(H,21,23). The van der Waals surface area contributed by atoms with Crippen molar-refractivity contribution in [2.24, 2.45) is 0 Å². The molecule has 0 bridgehead atoms. The zero-order valence-corrected chi connectivity index (χ0v) is 13.8. The topological polar surface area (TPSA) is 56.1 Å². The molecule has 0 aromatic heterocycles. The van der Waals surface area contributed by atoms with E-state index in [9.17, 15) is 4.79 Å². The lowest BCUT2D eigenvalue weighted by molar-refractivity contribution is -0.117. The van der Waals surface area contributed by atoms with Crippen LogP contribution in [0.3, 0.4) is 0 Å². The van der Waals surface area contributed by atoms with Crippen LogP contribution >= 0.6 is 0 Å². The molecule has 0 aliphatic rings. The van der Waals surface area contributed by atoms with Gasteiger partial charge in [-0.25, -0.2) is 0 Å². The zero-order valence-electron chi connectivity index (χ0n) is 13.8. The normalized spacial score (nSPS) is 10.4. The number of aryl methyl sites for hydroxylation is 2. The van der Waals surface area contributed by atoms with Gasteiger partial charge in [0.15, 0.2) is 0 Å². The van der Waals surface area contributed by atoms with E-state index in [0.29, 0.717) is 17.8 Å². The van der Waals surface area contributed by atoms with Gasteiger partial charge in [0.1, 0.15) is 6.07 Å². The van der Waals surface area contributed by atoms with Gasteiger partial charge in [0.25, 0.3) is 0 Å². The van der Waals surface area contributed by atoms with Crippen molar-refractivity contribution in [1.29, 1.82) is 5.26 Å². The number of para-hydroxylation sites is 1. The van der Waals surface area contributed by atoms with Crippen LogP contribution in [0.5, 0.6) is 0 Å². The van der Waals surface area contributed by atoms with Crippen LogP contribution in [0.25, 0.3) is 0 Å². The molecule has 2 rings (SSSR count). The molecule has 0 heterocycles. The summed E-state index contributed by atoms with van der Waals surface area (Å²) in [6.07, 6.45) is 0. The van der Waals surface area contributed by atoms with Crippen LogP contribution in [-0.2, 0) is 11.3 Å². The highest BCUT2D eigenvalue weighted by atomic mass is 16.2. The number of amides is 1. The maximum Gasteiger partial charge on any atom is 0.238 e. The molecular weight excluding hydrogens is 286 g/mol. The second kappa shape index (κ2) is 7.57. The van der Waals surface area contributed by atoms with Crippen molar-refractivity contribution in [2.75, 3.05) is 18.9 Å². The second-order valence-corrected chi connectivity index (χ2v) is 5.81. The maximum absolute atomic E-state index is 12.2. The molecule has 0 atom stereocenters. The molecule has 0 spiro atoms. The van der Waals surface area contributed by atoms with E-state index < -0.39 is 0 Å². The van der Waals surface area contributed by atoms with Gasteiger partial charge in [-0.3, -0.25) is 9.69 Å². The Morgan fingerprint density at radius 2 is 1.96 bits per heavy atom. The predicted molar refractivity (Wildman–Crippen MR) is 92.0 cm³/mol. The molecule has 0 saturated heterocycles. The average molecular weight is 307 g/mol. The molecule has 0 radical (unpaired) electrons. The summed E-state index contributed by atoms with van der Waals surface area (Å²) < 4.78 is 0. The van der Waals surface area contributed by atoms with Crippen molar-refractivity contribution in [3.05, 3.63) is 64.7 Å². The lowest BCUT2D eigenvalue weighted by Gasteiger charge is -2.18. The monoisotopic (exact) mass is 307 g/mol. The van der Waals surface area contributed by atoms with Crippen molar-refractivity contribution in [3.8, 4) is 6.07 Å². The molecule has 0 unspecified atom stereocenters. The second-order valence-electron chi connectivity index (χ2n) is 5.81. The molecule has 1 amide bonds. The van der Waals surface area contributed by atoms with Gasteiger partial charge in [0, 0.05) is 6.54 Å². The van der Waals surface area contributed by atoms with E-state index in [4.69, 9.17) is 5.26 Å². The fraction of sp³-hybridized carbons (Fsp3) is 0.263. The van der Waals surface area contributed by atoms with Gasteiger partial charge in [-0.1, -0.05) is 35.9 Å². The number of benzene rings is 2. The van der Waals surface area contributed by atoms with Gasteiger partial charge in [0.05, 0.1) is 17.8 Å². The van der Waals surface area contributed by atoms with Crippen molar-refractivity contribution >= 4 is 11.6 Å². The van der Waals surface area contributed by atoms with Gasteiger partial charge in [-0.2, -0.15) is 5.26 Å². The smallest absolute Gasteiger partial charge is 0.238 e. The molecule has 0 aliphatic carbocycles. The number of carbonyl (C=O) groups excluding carboxylic acids is 1. The fourth-order valence-corrected chi connectivity index (χ4v) is 2.49. The van der Waals surface area contributed by atoms with E-state index in [0.717, 1.165) is 0 Å². The minimum absolute atomic E-state index is 0.125. The van der Waals surface area contributed by atoms with E-state index >= 15 is 0 Å². The first-order chi connectivity index (χ1) is 11.0.